The van der Waals surface area contributed by atoms with Crippen molar-refractivity contribution in [2.75, 3.05) is 43.1 Å². The summed E-state index contributed by atoms with van der Waals surface area (Å²) in [5, 5.41) is 2.73. The smallest absolute Gasteiger partial charge is 0.241 e. The molecular formula is C22H27N3O5S. The topological polar surface area (TPSA) is 97.0 Å². The highest BCUT2D eigenvalue weighted by atomic mass is 32.2. The summed E-state index contributed by atoms with van der Waals surface area (Å²) in [6.07, 6.45) is 4.39. The van der Waals surface area contributed by atoms with Gasteiger partial charge in [0.25, 0.3) is 0 Å². The molecular weight excluding hydrogens is 418 g/mol. The van der Waals surface area contributed by atoms with Crippen LogP contribution in [0.2, 0.25) is 0 Å². The maximum Gasteiger partial charge on any atom is 0.241 e. The van der Waals surface area contributed by atoms with Crippen LogP contribution in [0.1, 0.15) is 25.7 Å². The quantitative estimate of drug-likeness (QED) is 0.710. The Labute approximate surface area is 182 Å². The van der Waals surface area contributed by atoms with E-state index in [0.29, 0.717) is 30.4 Å². The average Bonchev–Trinajstić information content (AvgIpc) is 3.04. The van der Waals surface area contributed by atoms with E-state index in [1.54, 1.807) is 6.07 Å². The van der Waals surface area contributed by atoms with Crippen molar-refractivity contribution >= 4 is 27.3 Å². The Morgan fingerprint density at radius 2 is 1.61 bits per heavy atom. The van der Waals surface area contributed by atoms with Gasteiger partial charge in [-0.2, -0.15) is 0 Å². The lowest BCUT2D eigenvalue weighted by atomic mass is 10.1. The zero-order chi connectivity index (χ0) is 21.7. The summed E-state index contributed by atoms with van der Waals surface area (Å²) < 4.78 is 38.6. The van der Waals surface area contributed by atoms with Gasteiger partial charge in [0.05, 0.1) is 24.7 Å². The molecule has 0 bridgehead atoms. The second-order valence-electron chi connectivity index (χ2n) is 7.63. The third-order valence-corrected chi connectivity index (χ3v) is 6.72. The number of fused-ring (bicyclic) bond motifs is 1. The number of hydrogen-bond acceptors (Lipinski definition) is 6. The number of amides is 1. The Bertz CT molecular complexity index is 1020. The van der Waals surface area contributed by atoms with Crippen molar-refractivity contribution in [3.05, 3.63) is 42.5 Å². The lowest BCUT2D eigenvalue weighted by Gasteiger charge is -2.28. The molecule has 2 aliphatic rings. The number of anilines is 2. The molecule has 0 saturated carbocycles. The van der Waals surface area contributed by atoms with Gasteiger partial charge in [-0.1, -0.05) is 0 Å². The number of rotatable bonds is 6. The van der Waals surface area contributed by atoms with E-state index in [0.717, 1.165) is 25.2 Å². The van der Waals surface area contributed by atoms with Crippen LogP contribution in [-0.2, 0) is 14.8 Å². The van der Waals surface area contributed by atoms with Crippen molar-refractivity contribution in [1.82, 2.24) is 4.72 Å². The zero-order valence-corrected chi connectivity index (χ0v) is 18.1. The minimum absolute atomic E-state index is 0.0236. The number of carbonyl (C=O) groups excluding carboxylic acids is 1. The average molecular weight is 446 g/mol. The fraction of sp³-hybridized carbons (Fsp3) is 0.409. The third kappa shape index (κ3) is 5.48. The normalized spacial score (nSPS) is 16.5. The Balaban J connectivity index is 1.33. The highest BCUT2D eigenvalue weighted by molar-refractivity contribution is 7.89. The molecule has 0 aromatic heterocycles. The highest BCUT2D eigenvalue weighted by Crippen LogP contribution is 2.31. The number of ether oxygens (including phenoxy) is 2. The molecule has 0 spiro atoms. The molecule has 2 aromatic rings. The third-order valence-electron chi connectivity index (χ3n) is 5.32. The first-order valence-corrected chi connectivity index (χ1v) is 12.0. The molecule has 2 N–H and O–H groups in total. The van der Waals surface area contributed by atoms with Crippen molar-refractivity contribution in [3.8, 4) is 11.5 Å². The van der Waals surface area contributed by atoms with Crippen LogP contribution >= 0.6 is 0 Å². The highest BCUT2D eigenvalue weighted by Gasteiger charge is 2.20. The van der Waals surface area contributed by atoms with Crippen LogP contribution in [0.4, 0.5) is 11.4 Å². The van der Waals surface area contributed by atoms with Gasteiger partial charge in [0.15, 0.2) is 11.5 Å². The molecule has 8 nitrogen and oxygen atoms in total. The number of piperidine rings is 1. The van der Waals surface area contributed by atoms with Crippen molar-refractivity contribution in [1.29, 1.82) is 0 Å². The predicted octanol–water partition coefficient (Wildman–Crippen LogP) is 2.76. The summed E-state index contributed by atoms with van der Waals surface area (Å²) in [5.41, 5.74) is 1.76. The molecule has 1 fully saturated rings. The molecule has 4 rings (SSSR count). The van der Waals surface area contributed by atoms with Gasteiger partial charge in [0, 0.05) is 37.0 Å². The lowest BCUT2D eigenvalue weighted by molar-refractivity contribution is -0.115. The Morgan fingerprint density at radius 1 is 0.903 bits per heavy atom. The molecule has 2 aromatic carbocycles. The van der Waals surface area contributed by atoms with E-state index in [-0.39, 0.29) is 11.4 Å². The van der Waals surface area contributed by atoms with Crippen LogP contribution in [0.15, 0.2) is 47.4 Å². The van der Waals surface area contributed by atoms with Crippen LogP contribution in [-0.4, -0.2) is 47.2 Å². The first-order valence-electron chi connectivity index (χ1n) is 10.6. The summed E-state index contributed by atoms with van der Waals surface area (Å²) in [5.74, 6) is 0.462. The van der Waals surface area contributed by atoms with Gasteiger partial charge in [0.2, 0.25) is 15.9 Å². The molecule has 1 saturated heterocycles. The molecule has 2 heterocycles. The van der Waals surface area contributed by atoms with Gasteiger partial charge in [-0.25, -0.2) is 13.1 Å². The number of carbonyl (C=O) groups is 1. The van der Waals surface area contributed by atoms with E-state index in [1.165, 1.54) is 31.4 Å². The van der Waals surface area contributed by atoms with Crippen molar-refractivity contribution in [3.63, 3.8) is 0 Å². The van der Waals surface area contributed by atoms with Gasteiger partial charge < -0.3 is 19.7 Å². The number of sulfonamides is 1. The molecule has 9 heteroatoms. The van der Waals surface area contributed by atoms with Crippen LogP contribution in [0.3, 0.4) is 0 Å². The standard InChI is InChI=1S/C22H27N3O5S/c26-22(24-17-5-7-18(8-6-17)25-11-2-1-3-12-25)16-23-31(27,28)19-9-10-20-21(15-19)30-14-4-13-29-20/h5-10,15,23H,1-4,11-14,16H2,(H,24,26). The number of benzene rings is 2. The fourth-order valence-electron chi connectivity index (χ4n) is 3.67. The van der Waals surface area contributed by atoms with Crippen molar-refractivity contribution < 1.29 is 22.7 Å². The van der Waals surface area contributed by atoms with E-state index >= 15 is 0 Å². The molecule has 0 unspecified atom stereocenters. The number of nitrogens with one attached hydrogen (secondary N) is 2. The van der Waals surface area contributed by atoms with Gasteiger partial charge in [-0.05, 0) is 55.7 Å². The Hall–Kier alpha value is -2.78. The second kappa shape index (κ2) is 9.57. The van der Waals surface area contributed by atoms with E-state index in [4.69, 9.17) is 9.47 Å². The lowest BCUT2D eigenvalue weighted by Crippen LogP contribution is -2.33. The molecule has 166 valence electrons. The van der Waals surface area contributed by atoms with Crippen LogP contribution in [0.25, 0.3) is 0 Å². The minimum atomic E-state index is -3.87. The molecule has 0 aliphatic carbocycles. The summed E-state index contributed by atoms with van der Waals surface area (Å²) >= 11 is 0. The first-order chi connectivity index (χ1) is 15.0. The van der Waals surface area contributed by atoms with Crippen LogP contribution in [0.5, 0.6) is 11.5 Å². The van der Waals surface area contributed by atoms with Gasteiger partial charge in [-0.3, -0.25) is 4.79 Å². The SMILES string of the molecule is O=C(CNS(=O)(=O)c1ccc2c(c1)OCCCO2)Nc1ccc(N2CCCCC2)cc1. The zero-order valence-electron chi connectivity index (χ0n) is 17.3. The Morgan fingerprint density at radius 3 is 2.35 bits per heavy atom. The van der Waals surface area contributed by atoms with E-state index in [1.807, 2.05) is 24.3 Å². The van der Waals surface area contributed by atoms with E-state index < -0.39 is 15.9 Å². The monoisotopic (exact) mass is 445 g/mol. The Kier molecular flexibility index (Phi) is 6.62. The summed E-state index contributed by atoms with van der Waals surface area (Å²) in [4.78, 5) is 14.6. The van der Waals surface area contributed by atoms with Crippen molar-refractivity contribution in [2.45, 2.75) is 30.6 Å². The summed E-state index contributed by atoms with van der Waals surface area (Å²) in [7, 11) is -3.87. The second-order valence-corrected chi connectivity index (χ2v) is 9.39. The number of nitrogens with zero attached hydrogens (tertiary/aromatic N) is 1. The predicted molar refractivity (Wildman–Crippen MR) is 118 cm³/mol. The largest absolute Gasteiger partial charge is 0.490 e. The first kappa shape index (κ1) is 21.5. The molecule has 0 radical (unpaired) electrons. The van der Waals surface area contributed by atoms with Gasteiger partial charge in [-0.15, -0.1) is 0 Å². The summed E-state index contributed by atoms with van der Waals surface area (Å²) in [6.45, 7) is 2.71. The fourth-order valence-corrected chi connectivity index (χ4v) is 4.66. The maximum atomic E-state index is 12.6. The van der Waals surface area contributed by atoms with Crippen LogP contribution < -0.4 is 24.4 Å². The van der Waals surface area contributed by atoms with E-state index in [2.05, 4.69) is 14.9 Å². The molecule has 0 atom stereocenters. The number of hydrogen-bond donors (Lipinski definition) is 2. The van der Waals surface area contributed by atoms with E-state index in [9.17, 15) is 13.2 Å². The van der Waals surface area contributed by atoms with Gasteiger partial charge >= 0.3 is 0 Å². The molecule has 31 heavy (non-hydrogen) atoms. The molecule has 2 aliphatic heterocycles. The maximum absolute atomic E-state index is 12.6. The van der Waals surface area contributed by atoms with Crippen molar-refractivity contribution in [2.24, 2.45) is 0 Å². The van der Waals surface area contributed by atoms with Crippen LogP contribution in [0, 0.1) is 0 Å². The molecule has 1 amide bonds. The van der Waals surface area contributed by atoms with Gasteiger partial charge in [0.1, 0.15) is 0 Å². The minimum Gasteiger partial charge on any atom is -0.490 e. The summed E-state index contributed by atoms with van der Waals surface area (Å²) in [6, 6.07) is 12.0.